The number of hydrogen-bond acceptors (Lipinski definition) is 2. The standard InChI is InChI=1S/C20H20N2O/c1-14-9-10-15(2)18(11-14)12-19(13-21)20(23)22-16(3)17-7-5-4-6-8-17/h4-12,16H,1-3H3,(H,22,23)/b19-12+/t16-/m1/s1. The summed E-state index contributed by atoms with van der Waals surface area (Å²) >= 11 is 0. The van der Waals surface area contributed by atoms with Gasteiger partial charge in [-0.05, 0) is 43.5 Å². The van der Waals surface area contributed by atoms with Gasteiger partial charge in [-0.1, -0.05) is 54.1 Å². The number of carbonyl (C=O) groups is 1. The second kappa shape index (κ2) is 7.42. The number of nitrogens with zero attached hydrogens (tertiary/aromatic N) is 1. The highest BCUT2D eigenvalue weighted by atomic mass is 16.1. The molecule has 3 nitrogen and oxygen atoms in total. The lowest BCUT2D eigenvalue weighted by atomic mass is 10.0. The van der Waals surface area contributed by atoms with Crippen LogP contribution in [0, 0.1) is 25.2 Å². The van der Waals surface area contributed by atoms with Crippen molar-refractivity contribution < 1.29 is 4.79 Å². The molecule has 2 aromatic carbocycles. The Balaban J connectivity index is 2.20. The molecule has 1 N–H and O–H groups in total. The molecule has 0 bridgehead atoms. The molecule has 0 saturated heterocycles. The fourth-order valence-electron chi connectivity index (χ4n) is 2.32. The molecule has 0 saturated carbocycles. The molecule has 23 heavy (non-hydrogen) atoms. The summed E-state index contributed by atoms with van der Waals surface area (Å²) in [7, 11) is 0. The van der Waals surface area contributed by atoms with Gasteiger partial charge in [0.25, 0.3) is 5.91 Å². The van der Waals surface area contributed by atoms with E-state index < -0.39 is 0 Å². The first kappa shape index (κ1) is 16.5. The van der Waals surface area contributed by atoms with Crippen molar-refractivity contribution in [2.75, 3.05) is 0 Å². The van der Waals surface area contributed by atoms with Gasteiger partial charge in [-0.3, -0.25) is 4.79 Å². The van der Waals surface area contributed by atoms with E-state index in [-0.39, 0.29) is 17.5 Å². The number of rotatable bonds is 4. The van der Waals surface area contributed by atoms with Gasteiger partial charge < -0.3 is 5.32 Å². The Morgan fingerprint density at radius 3 is 2.52 bits per heavy atom. The lowest BCUT2D eigenvalue weighted by molar-refractivity contribution is -0.117. The monoisotopic (exact) mass is 304 g/mol. The van der Waals surface area contributed by atoms with Crippen LogP contribution in [0.15, 0.2) is 54.1 Å². The van der Waals surface area contributed by atoms with E-state index >= 15 is 0 Å². The van der Waals surface area contributed by atoms with Crippen molar-refractivity contribution in [1.29, 1.82) is 5.26 Å². The van der Waals surface area contributed by atoms with Crippen molar-refractivity contribution in [3.8, 4) is 6.07 Å². The van der Waals surface area contributed by atoms with Gasteiger partial charge in [-0.2, -0.15) is 5.26 Å². The largest absolute Gasteiger partial charge is 0.345 e. The average molecular weight is 304 g/mol. The van der Waals surface area contributed by atoms with Gasteiger partial charge in [0, 0.05) is 0 Å². The molecule has 0 aliphatic rings. The van der Waals surface area contributed by atoms with Crippen molar-refractivity contribution in [2.24, 2.45) is 0 Å². The van der Waals surface area contributed by atoms with E-state index in [1.165, 1.54) is 0 Å². The Morgan fingerprint density at radius 1 is 1.17 bits per heavy atom. The van der Waals surface area contributed by atoms with Crippen molar-refractivity contribution in [2.45, 2.75) is 26.8 Å². The maximum absolute atomic E-state index is 12.4. The molecule has 1 atom stereocenters. The van der Waals surface area contributed by atoms with Gasteiger partial charge in [0.15, 0.2) is 0 Å². The first-order valence-corrected chi connectivity index (χ1v) is 7.56. The van der Waals surface area contributed by atoms with E-state index in [1.54, 1.807) is 6.08 Å². The fourth-order valence-corrected chi connectivity index (χ4v) is 2.32. The van der Waals surface area contributed by atoms with E-state index in [0.717, 1.165) is 22.3 Å². The van der Waals surface area contributed by atoms with Gasteiger partial charge >= 0.3 is 0 Å². The minimum absolute atomic E-state index is 0.112. The first-order chi connectivity index (χ1) is 11.0. The highest BCUT2D eigenvalue weighted by Gasteiger charge is 2.14. The summed E-state index contributed by atoms with van der Waals surface area (Å²) in [4.78, 5) is 12.4. The molecule has 0 unspecified atom stereocenters. The number of amides is 1. The Labute approximate surface area is 137 Å². The Kier molecular flexibility index (Phi) is 5.32. The third-order valence-corrected chi connectivity index (χ3v) is 3.75. The van der Waals surface area contributed by atoms with Crippen LogP contribution >= 0.6 is 0 Å². The number of hydrogen-bond donors (Lipinski definition) is 1. The van der Waals surface area contributed by atoms with Crippen molar-refractivity contribution >= 4 is 12.0 Å². The molecular weight excluding hydrogens is 284 g/mol. The molecule has 2 rings (SSSR count). The number of nitriles is 1. The maximum Gasteiger partial charge on any atom is 0.262 e. The van der Waals surface area contributed by atoms with Crippen LogP contribution in [0.3, 0.4) is 0 Å². The fraction of sp³-hybridized carbons (Fsp3) is 0.200. The Hall–Kier alpha value is -2.86. The number of benzene rings is 2. The number of carbonyl (C=O) groups excluding carboxylic acids is 1. The Morgan fingerprint density at radius 2 is 1.87 bits per heavy atom. The molecule has 0 aliphatic carbocycles. The van der Waals surface area contributed by atoms with Crippen molar-refractivity contribution in [3.63, 3.8) is 0 Å². The zero-order valence-corrected chi connectivity index (χ0v) is 13.6. The van der Waals surface area contributed by atoms with Gasteiger partial charge in [0.2, 0.25) is 0 Å². The van der Waals surface area contributed by atoms with Crippen LogP contribution in [0.25, 0.3) is 6.08 Å². The zero-order valence-electron chi connectivity index (χ0n) is 13.6. The lowest BCUT2D eigenvalue weighted by Gasteiger charge is -2.14. The second-order valence-corrected chi connectivity index (χ2v) is 5.64. The number of aryl methyl sites for hydroxylation is 2. The molecule has 0 aromatic heterocycles. The van der Waals surface area contributed by atoms with Gasteiger partial charge in [-0.15, -0.1) is 0 Å². The predicted molar refractivity (Wildman–Crippen MR) is 92.5 cm³/mol. The topological polar surface area (TPSA) is 52.9 Å². The van der Waals surface area contributed by atoms with Crippen LogP contribution in [-0.2, 0) is 4.79 Å². The van der Waals surface area contributed by atoms with Crippen molar-refractivity contribution in [1.82, 2.24) is 5.32 Å². The summed E-state index contributed by atoms with van der Waals surface area (Å²) in [6.07, 6.45) is 1.65. The van der Waals surface area contributed by atoms with E-state index in [2.05, 4.69) is 5.32 Å². The van der Waals surface area contributed by atoms with Crippen LogP contribution in [0.5, 0.6) is 0 Å². The third kappa shape index (κ3) is 4.31. The van der Waals surface area contributed by atoms with E-state index in [4.69, 9.17) is 0 Å². The molecule has 0 fully saturated rings. The van der Waals surface area contributed by atoms with E-state index in [0.29, 0.717) is 0 Å². The smallest absolute Gasteiger partial charge is 0.262 e. The van der Waals surface area contributed by atoms with E-state index in [9.17, 15) is 10.1 Å². The lowest BCUT2D eigenvalue weighted by Crippen LogP contribution is -2.27. The Bertz CT molecular complexity index is 770. The zero-order chi connectivity index (χ0) is 16.8. The highest BCUT2D eigenvalue weighted by molar-refractivity contribution is 6.02. The highest BCUT2D eigenvalue weighted by Crippen LogP contribution is 2.16. The molecule has 0 aliphatic heterocycles. The van der Waals surface area contributed by atoms with E-state index in [1.807, 2.05) is 75.4 Å². The molecule has 2 aromatic rings. The van der Waals surface area contributed by atoms with Crippen LogP contribution in [0.4, 0.5) is 0 Å². The first-order valence-electron chi connectivity index (χ1n) is 7.56. The summed E-state index contributed by atoms with van der Waals surface area (Å²) in [5.41, 5.74) is 4.14. The third-order valence-electron chi connectivity index (χ3n) is 3.75. The molecular formula is C20H20N2O. The second-order valence-electron chi connectivity index (χ2n) is 5.64. The van der Waals surface area contributed by atoms with Crippen LogP contribution in [0.1, 0.15) is 35.2 Å². The summed E-state index contributed by atoms with van der Waals surface area (Å²) in [6, 6.07) is 17.5. The van der Waals surface area contributed by atoms with Gasteiger partial charge in [-0.25, -0.2) is 0 Å². The van der Waals surface area contributed by atoms with Crippen molar-refractivity contribution in [3.05, 3.63) is 76.4 Å². The van der Waals surface area contributed by atoms with Crippen LogP contribution in [-0.4, -0.2) is 5.91 Å². The van der Waals surface area contributed by atoms with Gasteiger partial charge in [0.05, 0.1) is 6.04 Å². The molecule has 0 radical (unpaired) electrons. The summed E-state index contributed by atoms with van der Waals surface area (Å²) in [5, 5.41) is 12.2. The normalized spacial score (nSPS) is 12.3. The minimum Gasteiger partial charge on any atom is -0.345 e. The quantitative estimate of drug-likeness (QED) is 0.683. The number of nitrogens with one attached hydrogen (secondary N) is 1. The maximum atomic E-state index is 12.4. The minimum atomic E-state index is -0.357. The summed E-state index contributed by atoms with van der Waals surface area (Å²) < 4.78 is 0. The molecule has 116 valence electrons. The van der Waals surface area contributed by atoms with Crippen LogP contribution in [0.2, 0.25) is 0 Å². The summed E-state index contributed by atoms with van der Waals surface area (Å²) in [5.74, 6) is -0.357. The predicted octanol–water partition coefficient (Wildman–Crippen LogP) is 4.09. The summed E-state index contributed by atoms with van der Waals surface area (Å²) in [6.45, 7) is 5.85. The van der Waals surface area contributed by atoms with Gasteiger partial charge in [0.1, 0.15) is 11.6 Å². The molecule has 1 amide bonds. The molecule has 0 heterocycles. The molecule has 0 spiro atoms. The molecule has 3 heteroatoms. The average Bonchev–Trinajstić information content (AvgIpc) is 2.56. The SMILES string of the molecule is Cc1ccc(C)c(/C=C(\C#N)C(=O)N[C@H](C)c2ccccc2)c1. The van der Waals surface area contributed by atoms with Crippen LogP contribution < -0.4 is 5.32 Å².